The number of carboxylic acids is 1. The van der Waals surface area contributed by atoms with Crippen molar-refractivity contribution in [1.29, 1.82) is 0 Å². The second-order valence-corrected chi connectivity index (χ2v) is 3.15. The minimum absolute atomic E-state index is 0.274. The van der Waals surface area contributed by atoms with Gasteiger partial charge in [-0.15, -0.1) is 0 Å². The van der Waals surface area contributed by atoms with Crippen LogP contribution in [-0.4, -0.2) is 40.3 Å². The van der Waals surface area contributed by atoms with Crippen LogP contribution in [0.5, 0.6) is 0 Å². The van der Waals surface area contributed by atoms with E-state index < -0.39 is 12.1 Å². The van der Waals surface area contributed by atoms with Crippen LogP contribution in [0.4, 0.5) is 0 Å². The maximum atomic E-state index is 10.9. The van der Waals surface area contributed by atoms with Crippen LogP contribution in [-0.2, 0) is 4.79 Å². The predicted molar refractivity (Wildman–Crippen MR) is 54.9 cm³/mol. The van der Waals surface area contributed by atoms with Crippen LogP contribution in [0, 0.1) is 0 Å². The average Bonchev–Trinajstić information content (AvgIpc) is 2.11. The molecule has 0 saturated heterocycles. The molecule has 0 aromatic carbocycles. The molecule has 0 bridgehead atoms. The van der Waals surface area contributed by atoms with E-state index in [9.17, 15) is 4.79 Å². The van der Waals surface area contributed by atoms with Crippen molar-refractivity contribution in [2.24, 2.45) is 0 Å². The Morgan fingerprint density at radius 1 is 1.43 bits per heavy atom. The number of carboxylic acid groups (broad SMARTS) is 1. The van der Waals surface area contributed by atoms with Crippen LogP contribution >= 0.6 is 0 Å². The maximum Gasteiger partial charge on any atom is 0.351 e. The number of aliphatic hydroxyl groups is 1. The lowest BCUT2D eigenvalue weighted by Crippen LogP contribution is -2.27. The first-order chi connectivity index (χ1) is 6.52. The van der Waals surface area contributed by atoms with E-state index in [1.807, 2.05) is 13.8 Å². The topological polar surface area (TPSA) is 60.8 Å². The Morgan fingerprint density at radius 2 is 1.93 bits per heavy atom. The summed E-state index contributed by atoms with van der Waals surface area (Å²) in [5, 5.41) is 18.0. The van der Waals surface area contributed by atoms with E-state index in [0.717, 1.165) is 0 Å². The summed E-state index contributed by atoms with van der Waals surface area (Å²) in [5.41, 5.74) is 0.274. The predicted octanol–water partition coefficient (Wildman–Crippen LogP) is 1.07. The maximum absolute atomic E-state index is 10.9. The molecule has 0 aliphatic rings. The van der Waals surface area contributed by atoms with Crippen LogP contribution in [0.3, 0.4) is 0 Å². The van der Waals surface area contributed by atoms with Crippen LogP contribution in [0.1, 0.15) is 27.2 Å². The third-order valence-corrected chi connectivity index (χ3v) is 1.98. The summed E-state index contributed by atoms with van der Waals surface area (Å²) in [6, 6.07) is 0. The number of rotatable bonds is 6. The Hall–Kier alpha value is -1.03. The Kier molecular flexibility index (Phi) is 5.95. The van der Waals surface area contributed by atoms with E-state index >= 15 is 0 Å². The Morgan fingerprint density at radius 3 is 2.21 bits per heavy atom. The summed E-state index contributed by atoms with van der Waals surface area (Å²) >= 11 is 0. The molecule has 0 rings (SSSR count). The first kappa shape index (κ1) is 13.0. The number of carbonyl (C=O) groups is 1. The second kappa shape index (κ2) is 6.43. The zero-order valence-corrected chi connectivity index (χ0v) is 9.03. The molecule has 0 radical (unpaired) electrons. The quantitative estimate of drug-likeness (QED) is 0.631. The van der Waals surface area contributed by atoms with Gasteiger partial charge < -0.3 is 15.1 Å². The molecule has 0 fully saturated rings. The third-order valence-electron chi connectivity index (χ3n) is 1.98. The number of likely N-dealkylation sites (N-methyl/N-ethyl adjacent to an activating group) is 1. The van der Waals surface area contributed by atoms with Gasteiger partial charge in [0.15, 0.2) is 0 Å². The molecular weight excluding hydrogens is 182 g/mol. The highest BCUT2D eigenvalue weighted by Gasteiger charge is 2.13. The zero-order valence-electron chi connectivity index (χ0n) is 9.03. The summed E-state index contributed by atoms with van der Waals surface area (Å²) in [6.45, 7) is 6.77. The fraction of sp³-hybridized carbons (Fsp3) is 0.700. The molecule has 1 unspecified atom stereocenters. The Bertz CT molecular complexity index is 207. The van der Waals surface area contributed by atoms with Crippen molar-refractivity contribution in [2.75, 3.05) is 13.1 Å². The molecule has 82 valence electrons. The van der Waals surface area contributed by atoms with E-state index in [4.69, 9.17) is 10.2 Å². The summed E-state index contributed by atoms with van der Waals surface area (Å²) in [6.07, 6.45) is 1.44. The minimum atomic E-state index is -0.936. The SMILES string of the molecule is CCN(CC)/C(=C/CC(C)O)C(=O)O. The largest absolute Gasteiger partial charge is 0.477 e. The highest BCUT2D eigenvalue weighted by atomic mass is 16.4. The number of aliphatic carboxylic acids is 1. The normalized spacial score (nSPS) is 13.9. The van der Waals surface area contributed by atoms with E-state index in [-0.39, 0.29) is 5.70 Å². The molecule has 4 nitrogen and oxygen atoms in total. The number of hydrogen-bond acceptors (Lipinski definition) is 3. The van der Waals surface area contributed by atoms with Crippen molar-refractivity contribution in [3.63, 3.8) is 0 Å². The average molecular weight is 201 g/mol. The zero-order chi connectivity index (χ0) is 11.1. The summed E-state index contributed by atoms with van der Waals surface area (Å²) < 4.78 is 0. The first-order valence-electron chi connectivity index (χ1n) is 4.89. The molecule has 2 N–H and O–H groups in total. The van der Waals surface area contributed by atoms with Gasteiger partial charge in [-0.1, -0.05) is 6.08 Å². The lowest BCUT2D eigenvalue weighted by atomic mass is 10.2. The molecule has 1 atom stereocenters. The second-order valence-electron chi connectivity index (χ2n) is 3.15. The minimum Gasteiger partial charge on any atom is -0.477 e. The van der Waals surface area contributed by atoms with Crippen LogP contribution in [0.25, 0.3) is 0 Å². The van der Waals surface area contributed by atoms with Gasteiger partial charge in [0.1, 0.15) is 5.70 Å². The fourth-order valence-corrected chi connectivity index (χ4v) is 1.20. The Labute approximate surface area is 84.8 Å². The van der Waals surface area contributed by atoms with Crippen LogP contribution < -0.4 is 0 Å². The fourth-order valence-electron chi connectivity index (χ4n) is 1.20. The molecule has 0 heterocycles. The van der Waals surface area contributed by atoms with Gasteiger partial charge in [0, 0.05) is 13.1 Å². The lowest BCUT2D eigenvalue weighted by Gasteiger charge is -2.21. The van der Waals surface area contributed by atoms with Gasteiger partial charge in [-0.05, 0) is 27.2 Å². The first-order valence-corrected chi connectivity index (χ1v) is 4.89. The van der Waals surface area contributed by atoms with Gasteiger partial charge in [-0.25, -0.2) is 4.79 Å². The van der Waals surface area contributed by atoms with E-state index in [0.29, 0.717) is 19.5 Å². The molecule has 0 aliphatic heterocycles. The van der Waals surface area contributed by atoms with Gasteiger partial charge in [-0.2, -0.15) is 0 Å². The van der Waals surface area contributed by atoms with Gasteiger partial charge in [0.25, 0.3) is 0 Å². The Balaban J connectivity index is 4.57. The van der Waals surface area contributed by atoms with E-state index in [2.05, 4.69) is 0 Å². The van der Waals surface area contributed by atoms with Crippen molar-refractivity contribution in [3.05, 3.63) is 11.8 Å². The highest BCUT2D eigenvalue weighted by molar-refractivity contribution is 5.85. The molecule has 0 aliphatic carbocycles. The van der Waals surface area contributed by atoms with Crippen molar-refractivity contribution in [2.45, 2.75) is 33.3 Å². The van der Waals surface area contributed by atoms with E-state index in [1.165, 1.54) is 0 Å². The summed E-state index contributed by atoms with van der Waals surface area (Å²) in [7, 11) is 0. The standard InChI is InChI=1S/C10H19NO3/c1-4-11(5-2)9(10(13)14)7-6-8(3)12/h7-8,12H,4-6H2,1-3H3,(H,13,14)/b9-7+. The van der Waals surface area contributed by atoms with Crippen molar-refractivity contribution in [1.82, 2.24) is 4.90 Å². The lowest BCUT2D eigenvalue weighted by molar-refractivity contribution is -0.134. The number of nitrogens with zero attached hydrogens (tertiary/aromatic N) is 1. The molecule has 14 heavy (non-hydrogen) atoms. The van der Waals surface area contributed by atoms with E-state index in [1.54, 1.807) is 17.9 Å². The molecule has 4 heteroatoms. The molecule has 0 amide bonds. The number of aliphatic hydroxyl groups excluding tert-OH is 1. The summed E-state index contributed by atoms with van der Waals surface area (Å²) in [5.74, 6) is -0.936. The van der Waals surface area contributed by atoms with Gasteiger partial charge in [0.05, 0.1) is 6.10 Å². The monoisotopic (exact) mass is 201 g/mol. The molecule has 0 spiro atoms. The number of hydrogen-bond donors (Lipinski definition) is 2. The van der Waals surface area contributed by atoms with Gasteiger partial charge in [0.2, 0.25) is 0 Å². The third kappa shape index (κ3) is 4.28. The molecule has 0 saturated carbocycles. The smallest absolute Gasteiger partial charge is 0.351 e. The highest BCUT2D eigenvalue weighted by Crippen LogP contribution is 2.06. The summed E-state index contributed by atoms with van der Waals surface area (Å²) in [4.78, 5) is 12.6. The van der Waals surface area contributed by atoms with Crippen molar-refractivity contribution < 1.29 is 15.0 Å². The molecular formula is C10H19NO3. The molecule has 0 aromatic rings. The van der Waals surface area contributed by atoms with Crippen molar-refractivity contribution in [3.8, 4) is 0 Å². The van der Waals surface area contributed by atoms with Gasteiger partial charge in [-0.3, -0.25) is 0 Å². The van der Waals surface area contributed by atoms with Crippen molar-refractivity contribution >= 4 is 5.97 Å². The van der Waals surface area contributed by atoms with Crippen LogP contribution in [0.2, 0.25) is 0 Å². The van der Waals surface area contributed by atoms with Crippen LogP contribution in [0.15, 0.2) is 11.8 Å². The van der Waals surface area contributed by atoms with Gasteiger partial charge >= 0.3 is 5.97 Å². The molecule has 0 aromatic heterocycles.